The van der Waals surface area contributed by atoms with Gasteiger partial charge in [0.15, 0.2) is 16.8 Å². The summed E-state index contributed by atoms with van der Waals surface area (Å²) < 4.78 is 24.2. The van der Waals surface area contributed by atoms with Crippen molar-refractivity contribution in [3.8, 4) is 0 Å². The lowest BCUT2D eigenvalue weighted by molar-refractivity contribution is 0.176. The Bertz CT molecular complexity index is 505. The van der Waals surface area contributed by atoms with Gasteiger partial charge in [-0.05, 0) is 85.9 Å². The van der Waals surface area contributed by atoms with Gasteiger partial charge < -0.3 is 18.1 Å². The molecule has 0 amide bonds. The molecule has 0 aliphatic heterocycles. The molecule has 0 aliphatic carbocycles. The van der Waals surface area contributed by atoms with E-state index < -0.39 is 16.8 Å². The van der Waals surface area contributed by atoms with E-state index in [0.29, 0.717) is 0 Å². The zero-order valence-corrected chi connectivity index (χ0v) is 23.6. The van der Waals surface area contributed by atoms with Crippen LogP contribution in [0, 0.1) is 0 Å². The van der Waals surface area contributed by atoms with Crippen LogP contribution in [0.15, 0.2) is 30.3 Å². The molecule has 0 radical (unpaired) electrons. The van der Waals surface area contributed by atoms with E-state index in [1.807, 2.05) is 0 Å². The van der Waals surface area contributed by atoms with Crippen LogP contribution in [0.3, 0.4) is 0 Å². The highest BCUT2D eigenvalue weighted by Gasteiger charge is 2.19. The van der Waals surface area contributed by atoms with Gasteiger partial charge in [-0.1, -0.05) is 38.3 Å². The third-order valence-electron chi connectivity index (χ3n) is 3.97. The van der Waals surface area contributed by atoms with Crippen molar-refractivity contribution in [2.45, 2.75) is 92.6 Å². The maximum Gasteiger partial charge on any atom is 0.170 e. The second-order valence-electron chi connectivity index (χ2n) is 8.76. The van der Waals surface area contributed by atoms with E-state index in [2.05, 4.69) is 85.7 Å². The summed E-state index contributed by atoms with van der Waals surface area (Å²) in [5.74, 6) is 0. The standard InChI is InChI=1S/C24H45O4P3/c1-20(2)25-30(26-21(3)4)18-12-16-29(24-14-10-9-11-15-24)17-13-19-31(27-22(5)6)28-23(7)8/h9-11,14-15,20-23H,12-13,16-19H2,1-8H3. The van der Waals surface area contributed by atoms with Gasteiger partial charge in [0, 0.05) is 12.3 Å². The van der Waals surface area contributed by atoms with E-state index in [4.69, 9.17) is 18.1 Å². The van der Waals surface area contributed by atoms with Gasteiger partial charge in [-0.15, -0.1) is 0 Å². The molecule has 0 aromatic heterocycles. The SMILES string of the molecule is CC(C)OP(CCCP(CCCP(OC(C)C)OC(C)C)c1ccccc1)OC(C)C. The molecule has 0 N–H and O–H groups in total. The van der Waals surface area contributed by atoms with E-state index in [0.717, 1.165) is 25.2 Å². The average molecular weight is 491 g/mol. The molecule has 1 aromatic rings. The fourth-order valence-electron chi connectivity index (χ4n) is 2.99. The Balaban J connectivity index is 2.64. The summed E-state index contributed by atoms with van der Waals surface area (Å²) in [5.41, 5.74) is 0. The largest absolute Gasteiger partial charge is 0.331 e. The summed E-state index contributed by atoms with van der Waals surface area (Å²) in [4.78, 5) is 0. The van der Waals surface area contributed by atoms with Gasteiger partial charge in [-0.3, -0.25) is 0 Å². The third-order valence-corrected chi connectivity index (χ3v) is 10.7. The van der Waals surface area contributed by atoms with Crippen molar-refractivity contribution >= 4 is 30.0 Å². The number of benzene rings is 1. The fraction of sp³-hybridized carbons (Fsp3) is 0.750. The lowest BCUT2D eigenvalue weighted by atomic mass is 10.4. The molecule has 0 fully saturated rings. The molecule has 0 heterocycles. The van der Waals surface area contributed by atoms with Crippen LogP contribution in [0.1, 0.15) is 68.2 Å². The van der Waals surface area contributed by atoms with Crippen LogP contribution in [0.2, 0.25) is 0 Å². The van der Waals surface area contributed by atoms with Crippen molar-refractivity contribution in [3.63, 3.8) is 0 Å². The van der Waals surface area contributed by atoms with E-state index >= 15 is 0 Å². The minimum absolute atomic E-state index is 0.200. The molecular weight excluding hydrogens is 445 g/mol. The average Bonchev–Trinajstić information content (AvgIpc) is 2.65. The maximum absolute atomic E-state index is 6.05. The summed E-state index contributed by atoms with van der Waals surface area (Å²) in [7, 11) is -1.82. The summed E-state index contributed by atoms with van der Waals surface area (Å²) in [6, 6.07) is 11.0. The van der Waals surface area contributed by atoms with Crippen molar-refractivity contribution in [2.24, 2.45) is 0 Å². The number of hydrogen-bond acceptors (Lipinski definition) is 4. The van der Waals surface area contributed by atoms with Gasteiger partial charge >= 0.3 is 0 Å². The van der Waals surface area contributed by atoms with E-state index in [1.54, 1.807) is 0 Å². The maximum atomic E-state index is 6.05. The highest BCUT2D eigenvalue weighted by atomic mass is 31.2. The van der Waals surface area contributed by atoms with Crippen LogP contribution in [-0.2, 0) is 18.1 Å². The first-order valence-electron chi connectivity index (χ1n) is 11.7. The van der Waals surface area contributed by atoms with Crippen molar-refractivity contribution < 1.29 is 18.1 Å². The van der Waals surface area contributed by atoms with Crippen LogP contribution in [0.25, 0.3) is 0 Å². The lowest BCUT2D eigenvalue weighted by Crippen LogP contribution is -2.11. The highest BCUT2D eigenvalue weighted by molar-refractivity contribution is 7.65. The predicted molar refractivity (Wildman–Crippen MR) is 140 cm³/mol. The molecule has 180 valence electrons. The highest BCUT2D eigenvalue weighted by Crippen LogP contribution is 2.46. The molecule has 0 aliphatic rings. The second kappa shape index (κ2) is 16.9. The second-order valence-corrected chi connectivity index (χ2v) is 14.3. The summed E-state index contributed by atoms with van der Waals surface area (Å²) in [6.45, 7) is 16.7. The molecule has 1 aromatic carbocycles. The lowest BCUT2D eigenvalue weighted by Gasteiger charge is -2.25. The van der Waals surface area contributed by atoms with Gasteiger partial charge in [-0.25, -0.2) is 0 Å². The molecule has 0 saturated carbocycles. The van der Waals surface area contributed by atoms with Crippen LogP contribution in [0.5, 0.6) is 0 Å². The molecule has 0 spiro atoms. The van der Waals surface area contributed by atoms with Gasteiger partial charge in [-0.2, -0.15) is 0 Å². The molecule has 0 saturated heterocycles. The molecule has 31 heavy (non-hydrogen) atoms. The molecular formula is C24H45O4P3. The Morgan fingerprint density at radius 1 is 0.548 bits per heavy atom. The van der Waals surface area contributed by atoms with E-state index in [9.17, 15) is 0 Å². The van der Waals surface area contributed by atoms with E-state index in [-0.39, 0.29) is 32.3 Å². The van der Waals surface area contributed by atoms with Gasteiger partial charge in [0.1, 0.15) is 0 Å². The summed E-state index contributed by atoms with van der Waals surface area (Å²) in [5, 5.41) is 1.50. The first kappa shape index (κ1) is 29.4. The zero-order chi connectivity index (χ0) is 23.2. The minimum Gasteiger partial charge on any atom is -0.331 e. The smallest absolute Gasteiger partial charge is 0.170 e. The summed E-state index contributed by atoms with van der Waals surface area (Å²) in [6.07, 6.45) is 7.58. The van der Waals surface area contributed by atoms with Gasteiger partial charge in [0.2, 0.25) is 0 Å². The Labute approximate surface area is 195 Å². The molecule has 4 nitrogen and oxygen atoms in total. The molecule has 0 bridgehead atoms. The van der Waals surface area contributed by atoms with Gasteiger partial charge in [0.25, 0.3) is 0 Å². The minimum atomic E-state index is -0.809. The van der Waals surface area contributed by atoms with Gasteiger partial charge in [0.05, 0.1) is 24.4 Å². The quantitative estimate of drug-likeness (QED) is 0.208. The van der Waals surface area contributed by atoms with Crippen molar-refractivity contribution in [1.82, 2.24) is 0 Å². The Morgan fingerprint density at radius 3 is 1.23 bits per heavy atom. The monoisotopic (exact) mass is 490 g/mol. The van der Waals surface area contributed by atoms with Crippen molar-refractivity contribution in [3.05, 3.63) is 30.3 Å². The van der Waals surface area contributed by atoms with Crippen molar-refractivity contribution in [1.29, 1.82) is 0 Å². The van der Waals surface area contributed by atoms with Crippen LogP contribution in [0.4, 0.5) is 0 Å². The molecule has 0 unspecified atom stereocenters. The normalized spacial score (nSPS) is 12.6. The van der Waals surface area contributed by atoms with Crippen LogP contribution in [-0.4, -0.2) is 49.1 Å². The van der Waals surface area contributed by atoms with E-state index in [1.165, 1.54) is 17.6 Å². The molecule has 7 heteroatoms. The first-order chi connectivity index (χ1) is 14.7. The summed E-state index contributed by atoms with van der Waals surface area (Å²) >= 11 is 0. The first-order valence-corrected chi connectivity index (χ1v) is 16.1. The van der Waals surface area contributed by atoms with Crippen LogP contribution < -0.4 is 5.30 Å². The molecule has 1 rings (SSSR count). The predicted octanol–water partition coefficient (Wildman–Crippen LogP) is 7.90. The van der Waals surface area contributed by atoms with Crippen molar-refractivity contribution in [2.75, 3.05) is 24.6 Å². The third kappa shape index (κ3) is 15.0. The Hall–Kier alpha value is 0.350. The zero-order valence-electron chi connectivity index (χ0n) is 20.9. The van der Waals surface area contributed by atoms with Crippen LogP contribution >= 0.6 is 24.7 Å². The Morgan fingerprint density at radius 2 is 0.903 bits per heavy atom. The number of rotatable bonds is 17. The topological polar surface area (TPSA) is 36.9 Å². The Kier molecular flexibility index (Phi) is 16.0. The molecule has 0 atom stereocenters. The fourth-order valence-corrected chi connectivity index (χ4v) is 9.14. The number of hydrogen-bond donors (Lipinski definition) is 0.